The van der Waals surface area contributed by atoms with Gasteiger partial charge in [-0.25, -0.2) is 9.97 Å². The lowest BCUT2D eigenvalue weighted by Gasteiger charge is -2.22. The third-order valence-electron chi connectivity index (χ3n) is 6.92. The van der Waals surface area contributed by atoms with Crippen molar-refractivity contribution in [2.24, 2.45) is 17.8 Å². The van der Waals surface area contributed by atoms with Gasteiger partial charge in [-0.1, -0.05) is 32.0 Å². The first-order valence-electron chi connectivity index (χ1n) is 11.4. The number of aryl methyl sites for hydroxylation is 1. The van der Waals surface area contributed by atoms with Crippen molar-refractivity contribution in [1.82, 2.24) is 15.0 Å². The van der Waals surface area contributed by atoms with Crippen LogP contribution in [-0.4, -0.2) is 32.7 Å². The van der Waals surface area contributed by atoms with Gasteiger partial charge in [-0.2, -0.15) is 4.98 Å². The molecule has 1 aliphatic rings. The Labute approximate surface area is 202 Å². The maximum atomic E-state index is 9.83. The maximum Gasteiger partial charge on any atom is 0.225 e. The molecule has 1 aliphatic carbocycles. The van der Waals surface area contributed by atoms with Gasteiger partial charge in [0.05, 0.1) is 28.0 Å². The van der Waals surface area contributed by atoms with E-state index in [1.165, 1.54) is 4.88 Å². The number of nitrogens with zero attached hydrogens (tertiary/aromatic N) is 3. The highest BCUT2D eigenvalue weighted by Crippen LogP contribution is 2.41. The summed E-state index contributed by atoms with van der Waals surface area (Å²) in [5.74, 6) is 2.63. The fourth-order valence-corrected chi connectivity index (χ4v) is 6.44. The third kappa shape index (κ3) is 4.47. The van der Waals surface area contributed by atoms with Crippen LogP contribution in [0.4, 0.5) is 11.8 Å². The lowest BCUT2D eigenvalue weighted by atomic mass is 9.92. The van der Waals surface area contributed by atoms with Crippen LogP contribution in [0.1, 0.15) is 30.8 Å². The van der Waals surface area contributed by atoms with Gasteiger partial charge in [0.25, 0.3) is 0 Å². The van der Waals surface area contributed by atoms with Crippen LogP contribution in [0.25, 0.3) is 20.8 Å². The van der Waals surface area contributed by atoms with Crippen molar-refractivity contribution in [3.63, 3.8) is 0 Å². The van der Waals surface area contributed by atoms with Gasteiger partial charge in [0.2, 0.25) is 5.95 Å². The molecular weight excluding hydrogens is 450 g/mol. The van der Waals surface area contributed by atoms with Crippen LogP contribution >= 0.6 is 22.7 Å². The Morgan fingerprint density at radius 1 is 1.06 bits per heavy atom. The molecule has 172 valence electrons. The van der Waals surface area contributed by atoms with E-state index in [4.69, 9.17) is 15.0 Å². The number of aromatic nitrogens is 3. The number of hydrogen-bond donors (Lipinski definition) is 3. The van der Waals surface area contributed by atoms with E-state index in [0.29, 0.717) is 30.2 Å². The summed E-state index contributed by atoms with van der Waals surface area (Å²) >= 11 is 3.39. The summed E-state index contributed by atoms with van der Waals surface area (Å²) in [5.41, 5.74) is 2.86. The normalized spacial score (nSPS) is 22.7. The smallest absolute Gasteiger partial charge is 0.225 e. The summed E-state index contributed by atoms with van der Waals surface area (Å²) in [6.45, 7) is 7.45. The zero-order valence-electron chi connectivity index (χ0n) is 19.1. The summed E-state index contributed by atoms with van der Waals surface area (Å²) in [6.07, 6.45) is 0.930. The molecule has 0 bridgehead atoms. The number of rotatable bonds is 7. The highest BCUT2D eigenvalue weighted by Gasteiger charge is 2.38. The standard InChI is InChI=1S/C25H29N5OS2/c1-14-15(2)20(11-17(14)13-31)28-23-22(24-29-19-8-4-5-9-21(19)33-24)16(3)27-25(30-23)26-12-18-7-6-10-32-18/h4-10,14-15,17,20,31H,11-13H2,1-3H3,(H2,26,27,28,30). The largest absolute Gasteiger partial charge is 0.396 e. The Kier molecular flexibility index (Phi) is 6.32. The molecule has 3 heterocycles. The molecule has 3 N–H and O–H groups in total. The molecule has 1 fully saturated rings. The number of fused-ring (bicyclic) bond motifs is 1. The van der Waals surface area contributed by atoms with Gasteiger partial charge >= 0.3 is 0 Å². The van der Waals surface area contributed by atoms with Gasteiger partial charge in [0.1, 0.15) is 10.8 Å². The number of aliphatic hydroxyl groups is 1. The summed E-state index contributed by atoms with van der Waals surface area (Å²) in [7, 11) is 0. The average molecular weight is 480 g/mol. The molecule has 0 aliphatic heterocycles. The van der Waals surface area contributed by atoms with Crippen molar-refractivity contribution in [3.05, 3.63) is 52.3 Å². The molecule has 5 rings (SSSR count). The van der Waals surface area contributed by atoms with Crippen LogP contribution in [0, 0.1) is 24.7 Å². The minimum Gasteiger partial charge on any atom is -0.396 e. The maximum absolute atomic E-state index is 9.83. The molecule has 4 atom stereocenters. The number of anilines is 2. The van der Waals surface area contributed by atoms with Crippen molar-refractivity contribution in [3.8, 4) is 10.6 Å². The summed E-state index contributed by atoms with van der Waals surface area (Å²) in [5, 5.41) is 20.0. The van der Waals surface area contributed by atoms with E-state index in [-0.39, 0.29) is 12.6 Å². The highest BCUT2D eigenvalue weighted by molar-refractivity contribution is 7.21. The summed E-state index contributed by atoms with van der Waals surface area (Å²) in [6, 6.07) is 12.6. The number of para-hydroxylation sites is 1. The second kappa shape index (κ2) is 9.37. The molecule has 8 heteroatoms. The highest BCUT2D eigenvalue weighted by atomic mass is 32.1. The zero-order chi connectivity index (χ0) is 22.9. The van der Waals surface area contributed by atoms with Crippen LogP contribution in [0.3, 0.4) is 0 Å². The lowest BCUT2D eigenvalue weighted by molar-refractivity contribution is 0.191. The Morgan fingerprint density at radius 2 is 1.91 bits per heavy atom. The topological polar surface area (TPSA) is 83.0 Å². The summed E-state index contributed by atoms with van der Waals surface area (Å²) in [4.78, 5) is 15.9. The lowest BCUT2D eigenvalue weighted by Crippen LogP contribution is -2.25. The minimum atomic E-state index is 0.227. The van der Waals surface area contributed by atoms with E-state index in [2.05, 4.69) is 48.1 Å². The molecule has 1 aromatic carbocycles. The van der Waals surface area contributed by atoms with E-state index in [1.807, 2.05) is 25.1 Å². The number of thiophene rings is 1. The van der Waals surface area contributed by atoms with Gasteiger partial charge in [0.15, 0.2) is 0 Å². The second-order valence-electron chi connectivity index (χ2n) is 8.92. The fraction of sp³-hybridized carbons (Fsp3) is 0.400. The van der Waals surface area contributed by atoms with Crippen molar-refractivity contribution in [1.29, 1.82) is 0 Å². The van der Waals surface area contributed by atoms with Crippen molar-refractivity contribution in [2.45, 2.75) is 39.8 Å². The van der Waals surface area contributed by atoms with Crippen molar-refractivity contribution in [2.75, 3.05) is 17.2 Å². The molecule has 1 saturated carbocycles. The summed E-state index contributed by atoms with van der Waals surface area (Å²) < 4.78 is 1.15. The molecule has 6 nitrogen and oxygen atoms in total. The number of aliphatic hydroxyl groups excluding tert-OH is 1. The number of thiazole rings is 1. The van der Waals surface area contributed by atoms with Crippen molar-refractivity contribution < 1.29 is 5.11 Å². The monoisotopic (exact) mass is 479 g/mol. The predicted molar refractivity (Wildman–Crippen MR) is 138 cm³/mol. The van der Waals surface area contributed by atoms with Crippen LogP contribution in [0.5, 0.6) is 0 Å². The molecule has 0 amide bonds. The van der Waals surface area contributed by atoms with Gasteiger partial charge in [-0.3, -0.25) is 0 Å². The van der Waals surface area contributed by atoms with Crippen LogP contribution < -0.4 is 10.6 Å². The Balaban J connectivity index is 1.52. The third-order valence-corrected chi connectivity index (χ3v) is 8.85. The Hall–Kier alpha value is -2.55. The molecule has 3 aromatic heterocycles. The first kappa shape index (κ1) is 22.3. The molecule has 4 unspecified atom stereocenters. The van der Waals surface area contributed by atoms with E-state index in [0.717, 1.165) is 38.7 Å². The van der Waals surface area contributed by atoms with E-state index in [1.54, 1.807) is 22.7 Å². The second-order valence-corrected chi connectivity index (χ2v) is 11.0. The molecule has 4 aromatic rings. The Morgan fingerprint density at radius 3 is 2.64 bits per heavy atom. The van der Waals surface area contributed by atoms with Crippen LogP contribution in [0.2, 0.25) is 0 Å². The first-order valence-corrected chi connectivity index (χ1v) is 13.1. The number of nitrogens with one attached hydrogen (secondary N) is 2. The Bertz CT molecular complexity index is 1210. The number of hydrogen-bond acceptors (Lipinski definition) is 8. The minimum absolute atomic E-state index is 0.227. The fourth-order valence-electron chi connectivity index (χ4n) is 4.73. The molecule has 0 spiro atoms. The first-order chi connectivity index (χ1) is 16.0. The predicted octanol–water partition coefficient (Wildman–Crippen LogP) is 5.80. The van der Waals surface area contributed by atoms with Gasteiger partial charge in [-0.15, -0.1) is 22.7 Å². The SMILES string of the molecule is Cc1nc(NCc2cccs2)nc(NC2CC(CO)C(C)C2C)c1-c1nc2ccccc2s1. The van der Waals surface area contributed by atoms with Gasteiger partial charge in [0, 0.05) is 17.5 Å². The van der Waals surface area contributed by atoms with Gasteiger partial charge in [-0.05, 0) is 54.7 Å². The molecule has 0 saturated heterocycles. The zero-order valence-corrected chi connectivity index (χ0v) is 20.7. The van der Waals surface area contributed by atoms with E-state index < -0.39 is 0 Å². The molecule has 33 heavy (non-hydrogen) atoms. The van der Waals surface area contributed by atoms with Crippen LogP contribution in [0.15, 0.2) is 41.8 Å². The molecule has 0 radical (unpaired) electrons. The van der Waals surface area contributed by atoms with Gasteiger partial charge < -0.3 is 15.7 Å². The average Bonchev–Trinajstić information content (AvgIpc) is 3.53. The quantitative estimate of drug-likeness (QED) is 0.311. The number of benzene rings is 1. The van der Waals surface area contributed by atoms with Crippen LogP contribution in [-0.2, 0) is 6.54 Å². The van der Waals surface area contributed by atoms with E-state index in [9.17, 15) is 5.11 Å². The van der Waals surface area contributed by atoms with E-state index >= 15 is 0 Å². The van der Waals surface area contributed by atoms with Crippen molar-refractivity contribution >= 4 is 44.7 Å². The molecular formula is C25H29N5OS2.